The first-order valence-electron chi connectivity index (χ1n) is 8.87. The second kappa shape index (κ2) is 8.70. The van der Waals surface area contributed by atoms with Crippen molar-refractivity contribution in [1.82, 2.24) is 14.5 Å². The van der Waals surface area contributed by atoms with E-state index in [-0.39, 0.29) is 5.56 Å². The quantitative estimate of drug-likeness (QED) is 0.331. The van der Waals surface area contributed by atoms with Crippen LogP contribution in [0.25, 0.3) is 20.7 Å². The smallest absolute Gasteiger partial charge is 0.263 e. The highest BCUT2D eigenvalue weighted by Gasteiger charge is 2.18. The summed E-state index contributed by atoms with van der Waals surface area (Å²) < 4.78 is 7.15. The number of hydrogen-bond acceptors (Lipinski definition) is 7. The van der Waals surface area contributed by atoms with Gasteiger partial charge in [-0.05, 0) is 11.4 Å². The SMILES string of the molecule is C=CCn1c(SCCN2CCOCC2)nc2scc(-c3cccs3)c2c1=O. The van der Waals surface area contributed by atoms with E-state index in [1.807, 2.05) is 16.8 Å². The van der Waals surface area contributed by atoms with Crippen LogP contribution < -0.4 is 5.56 Å². The zero-order valence-corrected chi connectivity index (χ0v) is 17.4. The van der Waals surface area contributed by atoms with Gasteiger partial charge < -0.3 is 4.74 Å². The molecule has 1 fully saturated rings. The summed E-state index contributed by atoms with van der Waals surface area (Å²) in [5, 5.41) is 5.58. The maximum atomic E-state index is 13.2. The normalized spacial score (nSPS) is 15.4. The number of morpholine rings is 1. The molecule has 3 aromatic heterocycles. The first-order valence-corrected chi connectivity index (χ1v) is 11.6. The Hall–Kier alpha value is -1.45. The number of hydrogen-bond donors (Lipinski definition) is 0. The Bertz CT molecular complexity index is 972. The molecular weight excluding hydrogens is 398 g/mol. The topological polar surface area (TPSA) is 47.4 Å². The third kappa shape index (κ3) is 4.05. The van der Waals surface area contributed by atoms with Crippen LogP contribution >= 0.6 is 34.4 Å². The van der Waals surface area contributed by atoms with Gasteiger partial charge in [-0.1, -0.05) is 23.9 Å². The molecule has 0 spiro atoms. The number of aromatic nitrogens is 2. The van der Waals surface area contributed by atoms with E-state index in [1.165, 1.54) is 0 Å². The molecule has 0 radical (unpaired) electrons. The van der Waals surface area contributed by atoms with Gasteiger partial charge in [0.15, 0.2) is 5.16 Å². The molecule has 0 unspecified atom stereocenters. The number of rotatable bonds is 7. The summed E-state index contributed by atoms with van der Waals surface area (Å²) in [6, 6.07) is 4.06. The van der Waals surface area contributed by atoms with Crippen molar-refractivity contribution in [3.05, 3.63) is 45.9 Å². The van der Waals surface area contributed by atoms with Gasteiger partial charge in [0.1, 0.15) is 4.83 Å². The summed E-state index contributed by atoms with van der Waals surface area (Å²) in [6.07, 6.45) is 1.76. The summed E-state index contributed by atoms with van der Waals surface area (Å²) in [6.45, 7) is 8.82. The molecule has 4 heterocycles. The maximum absolute atomic E-state index is 13.2. The molecule has 8 heteroatoms. The Morgan fingerprint density at radius 3 is 2.93 bits per heavy atom. The van der Waals surface area contributed by atoms with Crippen LogP contribution in [0.2, 0.25) is 0 Å². The van der Waals surface area contributed by atoms with Gasteiger partial charge in [-0.2, -0.15) is 0 Å². The number of thiophene rings is 2. The van der Waals surface area contributed by atoms with Crippen LogP contribution in [-0.4, -0.2) is 53.1 Å². The second-order valence-corrected chi connectivity index (χ2v) is 9.08. The van der Waals surface area contributed by atoms with Crippen LogP contribution in [-0.2, 0) is 11.3 Å². The number of thioether (sulfide) groups is 1. The molecule has 4 rings (SSSR count). The van der Waals surface area contributed by atoms with Gasteiger partial charge >= 0.3 is 0 Å². The van der Waals surface area contributed by atoms with Gasteiger partial charge in [-0.3, -0.25) is 14.3 Å². The van der Waals surface area contributed by atoms with Gasteiger partial charge in [-0.15, -0.1) is 29.3 Å². The van der Waals surface area contributed by atoms with Gasteiger partial charge in [0, 0.05) is 47.8 Å². The molecule has 0 aromatic carbocycles. The fourth-order valence-electron chi connectivity index (χ4n) is 3.11. The van der Waals surface area contributed by atoms with E-state index >= 15 is 0 Å². The van der Waals surface area contributed by atoms with E-state index in [1.54, 1.807) is 45.1 Å². The minimum atomic E-state index is 0.0263. The highest BCUT2D eigenvalue weighted by molar-refractivity contribution is 7.99. The van der Waals surface area contributed by atoms with Crippen molar-refractivity contribution in [2.45, 2.75) is 11.7 Å². The lowest BCUT2D eigenvalue weighted by Crippen LogP contribution is -2.37. The van der Waals surface area contributed by atoms with Crippen LogP contribution in [0.15, 0.2) is 45.5 Å². The van der Waals surface area contributed by atoms with Crippen LogP contribution in [0.5, 0.6) is 0 Å². The van der Waals surface area contributed by atoms with Crippen molar-refractivity contribution in [2.75, 3.05) is 38.6 Å². The first kappa shape index (κ1) is 18.9. The number of nitrogens with zero attached hydrogens (tertiary/aromatic N) is 3. The third-order valence-electron chi connectivity index (χ3n) is 4.50. The van der Waals surface area contributed by atoms with Crippen molar-refractivity contribution in [1.29, 1.82) is 0 Å². The van der Waals surface area contributed by atoms with Gasteiger partial charge in [0.2, 0.25) is 0 Å². The lowest BCUT2D eigenvalue weighted by molar-refractivity contribution is 0.0410. The lowest BCUT2D eigenvalue weighted by Gasteiger charge is -2.26. The van der Waals surface area contributed by atoms with E-state index in [2.05, 4.69) is 17.5 Å². The highest BCUT2D eigenvalue weighted by Crippen LogP contribution is 2.34. The molecule has 0 aliphatic carbocycles. The van der Waals surface area contributed by atoms with Crippen molar-refractivity contribution in [3.8, 4) is 10.4 Å². The van der Waals surface area contributed by atoms with Gasteiger partial charge in [0.25, 0.3) is 5.56 Å². The fourth-order valence-corrected chi connectivity index (χ4v) is 5.92. The van der Waals surface area contributed by atoms with Gasteiger partial charge in [0.05, 0.1) is 18.6 Å². The summed E-state index contributed by atoms with van der Waals surface area (Å²) >= 11 is 4.84. The third-order valence-corrected chi connectivity index (χ3v) is 7.23. The van der Waals surface area contributed by atoms with E-state index < -0.39 is 0 Å². The Balaban J connectivity index is 1.63. The van der Waals surface area contributed by atoms with E-state index in [0.717, 1.165) is 64.4 Å². The second-order valence-electron chi connectivity index (χ2n) is 6.21. The average molecular weight is 420 g/mol. The molecule has 1 aliphatic heterocycles. The summed E-state index contributed by atoms with van der Waals surface area (Å²) in [5.41, 5.74) is 1.02. The monoisotopic (exact) mass is 419 g/mol. The summed E-state index contributed by atoms with van der Waals surface area (Å²) in [5.74, 6) is 0.901. The Labute approximate surface area is 170 Å². The van der Waals surface area contributed by atoms with Crippen LogP contribution in [0.4, 0.5) is 0 Å². The van der Waals surface area contributed by atoms with Crippen molar-refractivity contribution >= 4 is 44.7 Å². The molecule has 0 bridgehead atoms. The van der Waals surface area contributed by atoms with Gasteiger partial charge in [-0.25, -0.2) is 4.98 Å². The molecule has 0 atom stereocenters. The number of fused-ring (bicyclic) bond motifs is 1. The molecule has 0 amide bonds. The van der Waals surface area contributed by atoms with Crippen LogP contribution in [0, 0.1) is 0 Å². The standard InChI is InChI=1S/C19H21N3O2S3/c1-2-5-22-18(23)16-14(15-4-3-11-25-15)13-27-17(16)20-19(22)26-12-8-21-6-9-24-10-7-21/h2-4,11,13H,1,5-10,12H2. The van der Waals surface area contributed by atoms with Crippen molar-refractivity contribution < 1.29 is 4.74 Å². The first-order chi connectivity index (χ1) is 13.3. The zero-order valence-electron chi connectivity index (χ0n) is 14.9. The Morgan fingerprint density at radius 1 is 1.33 bits per heavy atom. The minimum Gasteiger partial charge on any atom is -0.379 e. The van der Waals surface area contributed by atoms with Crippen molar-refractivity contribution in [2.24, 2.45) is 0 Å². The van der Waals surface area contributed by atoms with Crippen LogP contribution in [0.3, 0.4) is 0 Å². The van der Waals surface area contributed by atoms with Crippen molar-refractivity contribution in [3.63, 3.8) is 0 Å². The Morgan fingerprint density at radius 2 is 2.19 bits per heavy atom. The van der Waals surface area contributed by atoms with Crippen LogP contribution in [0.1, 0.15) is 0 Å². The molecule has 3 aromatic rings. The molecule has 0 saturated carbocycles. The minimum absolute atomic E-state index is 0.0263. The Kier molecular flexibility index (Phi) is 6.09. The molecule has 0 N–H and O–H groups in total. The van der Waals surface area contributed by atoms with E-state index in [4.69, 9.17) is 9.72 Å². The van der Waals surface area contributed by atoms with E-state index in [9.17, 15) is 4.79 Å². The van der Waals surface area contributed by atoms with E-state index in [0.29, 0.717) is 6.54 Å². The largest absolute Gasteiger partial charge is 0.379 e. The lowest BCUT2D eigenvalue weighted by atomic mass is 10.2. The maximum Gasteiger partial charge on any atom is 0.263 e. The molecule has 27 heavy (non-hydrogen) atoms. The predicted molar refractivity (Wildman–Crippen MR) is 115 cm³/mol. The zero-order chi connectivity index (χ0) is 18.6. The molecule has 1 saturated heterocycles. The molecule has 142 valence electrons. The summed E-state index contributed by atoms with van der Waals surface area (Å²) in [4.78, 5) is 22.4. The number of allylic oxidation sites excluding steroid dienone is 1. The molecule has 1 aliphatic rings. The molecular formula is C19H21N3O2S3. The number of ether oxygens (including phenoxy) is 1. The summed E-state index contributed by atoms with van der Waals surface area (Å²) in [7, 11) is 0. The predicted octanol–water partition coefficient (Wildman–Crippen LogP) is 3.80. The molecule has 5 nitrogen and oxygen atoms in total. The highest BCUT2D eigenvalue weighted by atomic mass is 32.2. The fraction of sp³-hybridized carbons (Fsp3) is 0.368. The average Bonchev–Trinajstić information content (AvgIpc) is 3.35.